The van der Waals surface area contributed by atoms with Crippen molar-refractivity contribution >= 4 is 26.7 Å². The van der Waals surface area contributed by atoms with Crippen LogP contribution in [0.4, 0.5) is 4.79 Å². The number of ether oxygens (including phenoxy) is 2. The van der Waals surface area contributed by atoms with Crippen molar-refractivity contribution in [3.8, 4) is 5.75 Å². The summed E-state index contributed by atoms with van der Waals surface area (Å²) in [6.45, 7) is 9.55. The Hall–Kier alpha value is -1.51. The summed E-state index contributed by atoms with van der Waals surface area (Å²) in [7, 11) is 0.490. The van der Waals surface area contributed by atoms with Crippen molar-refractivity contribution < 1.29 is 24.3 Å². The zero-order chi connectivity index (χ0) is 19.2. The molecule has 0 bridgehead atoms. The first kappa shape index (κ1) is 21.5. The van der Waals surface area contributed by atoms with E-state index in [1.54, 1.807) is 32.4 Å². The highest BCUT2D eigenvalue weighted by Gasteiger charge is 2.21. The van der Waals surface area contributed by atoms with Crippen LogP contribution >= 0.6 is 0 Å². The van der Waals surface area contributed by atoms with Crippen molar-refractivity contribution in [2.75, 3.05) is 27.3 Å². The first-order chi connectivity index (χ1) is 11.5. The predicted octanol–water partition coefficient (Wildman–Crippen LogP) is 1.89. The maximum Gasteiger partial charge on any atom is 0.488 e. The monoisotopic (exact) mass is 367 g/mol. The van der Waals surface area contributed by atoms with Crippen LogP contribution in [0.25, 0.3) is 0 Å². The Balaban J connectivity index is 2.72. The second-order valence-electron chi connectivity index (χ2n) is 7.58. The summed E-state index contributed by atoms with van der Waals surface area (Å²) in [6, 6.07) is 5.94. The van der Waals surface area contributed by atoms with Crippen LogP contribution in [0.3, 0.4) is 0 Å². The van der Waals surface area contributed by atoms with Gasteiger partial charge in [-0.05, 0) is 23.1 Å². The van der Waals surface area contributed by atoms with E-state index < -0.39 is 15.2 Å². The van der Waals surface area contributed by atoms with Gasteiger partial charge in [-0.25, -0.2) is 4.79 Å². The molecule has 0 heterocycles. The van der Waals surface area contributed by atoms with Crippen LogP contribution < -0.4 is 10.2 Å². The largest absolute Gasteiger partial charge is 0.496 e. The Morgan fingerprint density at radius 3 is 2.48 bits per heavy atom. The topological polar surface area (TPSA) is 79.2 Å². The smallest absolute Gasteiger partial charge is 0.488 e. The van der Waals surface area contributed by atoms with Crippen LogP contribution in [0, 0.1) is 0 Å². The highest BCUT2D eigenvalue weighted by molar-refractivity contribution is 6.76. The molecule has 0 fully saturated rings. The number of amides is 1. The van der Waals surface area contributed by atoms with Crippen LogP contribution in [-0.4, -0.2) is 63.5 Å². The molecule has 0 aliphatic rings. The molecular formula is C17H30BNO5Si. The second kappa shape index (κ2) is 9.26. The van der Waals surface area contributed by atoms with Crippen LogP contribution in [0.15, 0.2) is 18.2 Å². The Labute approximate surface area is 151 Å². The molecular weight excluding hydrogens is 337 g/mol. The molecule has 8 heteroatoms. The van der Waals surface area contributed by atoms with Gasteiger partial charge < -0.3 is 24.4 Å². The normalized spacial score (nSPS) is 12.5. The fourth-order valence-electron chi connectivity index (χ4n) is 2.44. The van der Waals surface area contributed by atoms with E-state index in [-0.39, 0.29) is 12.0 Å². The van der Waals surface area contributed by atoms with Crippen molar-refractivity contribution in [3.63, 3.8) is 0 Å². The van der Waals surface area contributed by atoms with E-state index >= 15 is 0 Å². The van der Waals surface area contributed by atoms with Crippen molar-refractivity contribution in [2.45, 2.75) is 38.5 Å². The molecule has 0 saturated carbocycles. The lowest BCUT2D eigenvalue weighted by atomic mass is 9.78. The standard InChI is InChI=1S/C17H30BNO5Si/c1-13(12-19(2)17(20)24-9-10-25(4,5)6)15-11-14(18(21)22)7-8-16(15)23-3/h7-8,11,13,21-22H,9-10,12H2,1-6H3/t13-/m0/s1. The quantitative estimate of drug-likeness (QED) is 0.686. The van der Waals surface area contributed by atoms with E-state index in [0.29, 0.717) is 24.4 Å². The Morgan fingerprint density at radius 1 is 1.32 bits per heavy atom. The van der Waals surface area contributed by atoms with E-state index in [2.05, 4.69) is 19.6 Å². The van der Waals surface area contributed by atoms with E-state index in [9.17, 15) is 14.8 Å². The lowest BCUT2D eigenvalue weighted by molar-refractivity contribution is 0.114. The maximum absolute atomic E-state index is 12.1. The summed E-state index contributed by atoms with van der Waals surface area (Å²) >= 11 is 0. The number of methoxy groups -OCH3 is 1. The lowest BCUT2D eigenvalue weighted by Crippen LogP contribution is -2.33. The molecule has 0 aliphatic carbocycles. The Kier molecular flexibility index (Phi) is 7.98. The average Bonchev–Trinajstić information content (AvgIpc) is 2.52. The molecule has 0 unspecified atom stereocenters. The van der Waals surface area contributed by atoms with E-state index in [4.69, 9.17) is 9.47 Å². The fourth-order valence-corrected chi connectivity index (χ4v) is 3.15. The summed E-state index contributed by atoms with van der Waals surface area (Å²) in [5, 5.41) is 18.7. The van der Waals surface area contributed by atoms with Gasteiger partial charge in [-0.3, -0.25) is 0 Å². The van der Waals surface area contributed by atoms with E-state index in [0.717, 1.165) is 11.6 Å². The lowest BCUT2D eigenvalue weighted by Gasteiger charge is -2.24. The molecule has 1 atom stereocenters. The Morgan fingerprint density at radius 2 is 1.96 bits per heavy atom. The van der Waals surface area contributed by atoms with Gasteiger partial charge in [0.05, 0.1) is 13.7 Å². The first-order valence-corrected chi connectivity index (χ1v) is 12.2. The van der Waals surface area contributed by atoms with Crippen molar-refractivity contribution in [2.24, 2.45) is 0 Å². The van der Waals surface area contributed by atoms with E-state index in [1.807, 2.05) is 6.92 Å². The van der Waals surface area contributed by atoms with Gasteiger partial charge in [0.1, 0.15) is 5.75 Å². The van der Waals surface area contributed by atoms with Gasteiger partial charge in [-0.2, -0.15) is 0 Å². The summed E-state index contributed by atoms with van der Waals surface area (Å²) in [5.41, 5.74) is 1.21. The third-order valence-corrected chi connectivity index (χ3v) is 5.72. The Bertz CT molecular complexity index is 577. The van der Waals surface area contributed by atoms with Gasteiger partial charge in [-0.1, -0.05) is 38.7 Å². The number of nitrogens with zero attached hydrogens (tertiary/aromatic N) is 1. The van der Waals surface area contributed by atoms with Crippen molar-refractivity contribution in [1.29, 1.82) is 0 Å². The van der Waals surface area contributed by atoms with Gasteiger partial charge in [0.25, 0.3) is 0 Å². The first-order valence-electron chi connectivity index (χ1n) is 8.47. The third-order valence-electron chi connectivity index (χ3n) is 4.02. The second-order valence-corrected chi connectivity index (χ2v) is 13.2. The zero-order valence-corrected chi connectivity index (χ0v) is 17.1. The summed E-state index contributed by atoms with van der Waals surface area (Å²) in [5.74, 6) is 0.598. The van der Waals surface area contributed by atoms with Gasteiger partial charge in [0.2, 0.25) is 0 Å². The number of carbonyl (C=O) groups excluding carboxylic acids is 1. The van der Waals surface area contributed by atoms with Gasteiger partial charge in [-0.15, -0.1) is 0 Å². The number of likely N-dealkylation sites (N-methyl/N-ethyl adjacent to an activating group) is 1. The van der Waals surface area contributed by atoms with Gasteiger partial charge in [0.15, 0.2) is 0 Å². The number of carbonyl (C=O) groups is 1. The van der Waals surface area contributed by atoms with Crippen molar-refractivity contribution in [1.82, 2.24) is 4.90 Å². The molecule has 0 aromatic heterocycles. The molecule has 1 rings (SSSR count). The minimum absolute atomic E-state index is 0.0526. The number of hydrogen-bond acceptors (Lipinski definition) is 5. The molecule has 1 aromatic rings. The molecule has 0 radical (unpaired) electrons. The maximum atomic E-state index is 12.1. The highest BCUT2D eigenvalue weighted by atomic mass is 28.3. The molecule has 6 nitrogen and oxygen atoms in total. The number of benzene rings is 1. The van der Waals surface area contributed by atoms with Gasteiger partial charge >= 0.3 is 13.2 Å². The van der Waals surface area contributed by atoms with Crippen LogP contribution in [-0.2, 0) is 4.74 Å². The summed E-state index contributed by atoms with van der Waals surface area (Å²) in [6.07, 6.45) is -0.345. The molecule has 1 aromatic carbocycles. The van der Waals surface area contributed by atoms with Crippen LogP contribution in [0.5, 0.6) is 5.75 Å². The molecule has 25 heavy (non-hydrogen) atoms. The SMILES string of the molecule is COc1ccc(B(O)O)cc1[C@@H](C)CN(C)C(=O)OCC[Si](C)(C)C. The van der Waals surface area contributed by atoms with Crippen LogP contribution in [0.2, 0.25) is 25.7 Å². The average molecular weight is 367 g/mol. The number of rotatable bonds is 8. The van der Waals surface area contributed by atoms with Gasteiger partial charge in [0, 0.05) is 27.6 Å². The molecule has 140 valence electrons. The minimum atomic E-state index is -1.54. The molecule has 0 spiro atoms. The predicted molar refractivity (Wildman–Crippen MR) is 103 cm³/mol. The molecule has 0 saturated heterocycles. The fraction of sp³-hybridized carbons (Fsp3) is 0.588. The van der Waals surface area contributed by atoms with Crippen molar-refractivity contribution in [3.05, 3.63) is 23.8 Å². The van der Waals surface area contributed by atoms with Crippen LogP contribution in [0.1, 0.15) is 18.4 Å². The zero-order valence-electron chi connectivity index (χ0n) is 16.1. The summed E-state index contributed by atoms with van der Waals surface area (Å²) in [4.78, 5) is 13.7. The minimum Gasteiger partial charge on any atom is -0.496 e. The van der Waals surface area contributed by atoms with E-state index in [1.165, 1.54) is 4.90 Å². The molecule has 0 aliphatic heterocycles. The third kappa shape index (κ3) is 7.09. The molecule has 1 amide bonds. The highest BCUT2D eigenvalue weighted by Crippen LogP contribution is 2.26. The summed E-state index contributed by atoms with van der Waals surface area (Å²) < 4.78 is 10.7. The number of hydrogen-bond donors (Lipinski definition) is 2. The molecule has 2 N–H and O–H groups in total.